The lowest BCUT2D eigenvalue weighted by Gasteiger charge is -2.14. The maximum Gasteiger partial charge on any atom is 0.211 e. The molecule has 0 spiro atoms. The first kappa shape index (κ1) is 16.8. The molecule has 138 valence electrons. The first-order valence-electron chi connectivity index (χ1n) is 9.62. The maximum atomic E-state index is 4.76. The highest BCUT2D eigenvalue weighted by atomic mass is 32.1. The quantitative estimate of drug-likeness (QED) is 0.706. The van der Waals surface area contributed by atoms with Crippen molar-refractivity contribution < 1.29 is 0 Å². The molecular weight excluding hydrogens is 356 g/mol. The van der Waals surface area contributed by atoms with E-state index < -0.39 is 0 Å². The molecule has 2 N–H and O–H groups in total. The van der Waals surface area contributed by atoms with E-state index in [1.807, 2.05) is 18.3 Å². The zero-order chi connectivity index (χ0) is 18.1. The number of rotatable bonds is 4. The predicted molar refractivity (Wildman–Crippen MR) is 109 cm³/mol. The molecule has 0 radical (unpaired) electrons. The molecule has 0 aromatic carbocycles. The first-order valence-corrected chi connectivity index (χ1v) is 10.4. The molecular formula is C20H22N6S. The molecule has 0 saturated heterocycles. The van der Waals surface area contributed by atoms with Gasteiger partial charge in [-0.3, -0.25) is 4.98 Å². The topological polar surface area (TPSA) is 75.6 Å². The molecule has 0 unspecified atom stereocenters. The number of nitrogens with one attached hydrogen (secondary N) is 2. The van der Waals surface area contributed by atoms with Crippen LogP contribution in [0.1, 0.15) is 48.6 Å². The molecule has 3 aromatic heterocycles. The Labute approximate surface area is 162 Å². The predicted octanol–water partition coefficient (Wildman–Crippen LogP) is 4.26. The third kappa shape index (κ3) is 3.57. The van der Waals surface area contributed by atoms with Crippen LogP contribution in [0.15, 0.2) is 30.5 Å². The van der Waals surface area contributed by atoms with Crippen LogP contribution in [0.2, 0.25) is 0 Å². The number of anilines is 2. The maximum absolute atomic E-state index is 4.76. The van der Waals surface area contributed by atoms with Crippen molar-refractivity contribution in [1.29, 1.82) is 0 Å². The number of aromatic nitrogens is 4. The molecule has 1 saturated carbocycles. The van der Waals surface area contributed by atoms with Gasteiger partial charge in [0.2, 0.25) is 5.13 Å². The van der Waals surface area contributed by atoms with Gasteiger partial charge in [-0.15, -0.1) is 10.2 Å². The minimum atomic E-state index is 0.590. The Kier molecular flexibility index (Phi) is 4.55. The average molecular weight is 379 g/mol. The number of fused-ring (bicyclic) bond motifs is 1. The molecule has 4 heterocycles. The van der Waals surface area contributed by atoms with Gasteiger partial charge in [0.25, 0.3) is 0 Å². The first-order chi connectivity index (χ1) is 13.3. The van der Waals surface area contributed by atoms with Crippen molar-refractivity contribution in [1.82, 2.24) is 25.5 Å². The SMILES string of the molecule is C1=C(c2cnc3ccc(Nc4nnc(C5CCCC5)s4)nc3c2)CCNC1. The van der Waals surface area contributed by atoms with Gasteiger partial charge in [-0.25, -0.2) is 4.98 Å². The zero-order valence-electron chi connectivity index (χ0n) is 15.1. The van der Waals surface area contributed by atoms with Crippen LogP contribution in [0.25, 0.3) is 16.6 Å². The summed E-state index contributed by atoms with van der Waals surface area (Å²) < 4.78 is 0. The fraction of sp³-hybridized carbons (Fsp3) is 0.400. The molecule has 1 aliphatic heterocycles. The third-order valence-electron chi connectivity index (χ3n) is 5.35. The van der Waals surface area contributed by atoms with Gasteiger partial charge >= 0.3 is 0 Å². The molecule has 2 aliphatic rings. The molecule has 1 aliphatic carbocycles. The summed E-state index contributed by atoms with van der Waals surface area (Å²) in [6, 6.07) is 6.09. The fourth-order valence-corrected chi connectivity index (χ4v) is 4.79. The lowest BCUT2D eigenvalue weighted by Crippen LogP contribution is -2.20. The second-order valence-electron chi connectivity index (χ2n) is 7.19. The van der Waals surface area contributed by atoms with E-state index in [-0.39, 0.29) is 0 Å². The standard InChI is InChI=1S/C20H22N6S/c1-2-4-14(3-1)19-25-26-20(27-19)24-18-6-5-16-17(23-18)11-15(12-22-16)13-7-9-21-10-8-13/h5-7,11-12,14,21H,1-4,8-10H2,(H,23,24,26). The Hall–Kier alpha value is -2.38. The number of pyridine rings is 2. The number of hydrogen-bond donors (Lipinski definition) is 2. The van der Waals surface area contributed by atoms with Gasteiger partial charge in [0.05, 0.1) is 11.0 Å². The van der Waals surface area contributed by atoms with Crippen molar-refractivity contribution >= 4 is 38.9 Å². The third-order valence-corrected chi connectivity index (χ3v) is 6.35. The Bertz CT molecular complexity index is 989. The molecule has 1 fully saturated rings. The van der Waals surface area contributed by atoms with Gasteiger partial charge in [0.1, 0.15) is 10.8 Å². The molecule has 0 amide bonds. The molecule has 0 bridgehead atoms. The Morgan fingerprint density at radius 1 is 1.11 bits per heavy atom. The highest BCUT2D eigenvalue weighted by molar-refractivity contribution is 7.15. The van der Waals surface area contributed by atoms with E-state index in [0.717, 1.165) is 52.1 Å². The lowest BCUT2D eigenvalue weighted by molar-refractivity contribution is 0.705. The molecule has 7 heteroatoms. The molecule has 5 rings (SSSR count). The summed E-state index contributed by atoms with van der Waals surface area (Å²) in [5.41, 5.74) is 4.31. The largest absolute Gasteiger partial charge is 0.315 e. The second kappa shape index (κ2) is 7.32. The Balaban J connectivity index is 1.39. The Morgan fingerprint density at radius 2 is 2.04 bits per heavy atom. The molecule has 27 heavy (non-hydrogen) atoms. The van der Waals surface area contributed by atoms with E-state index in [1.165, 1.54) is 31.3 Å². The monoisotopic (exact) mass is 378 g/mol. The van der Waals surface area contributed by atoms with Crippen molar-refractivity contribution in [2.45, 2.75) is 38.0 Å². The van der Waals surface area contributed by atoms with Crippen LogP contribution in [0.4, 0.5) is 10.9 Å². The summed E-state index contributed by atoms with van der Waals surface area (Å²) in [7, 11) is 0. The summed E-state index contributed by atoms with van der Waals surface area (Å²) in [6.07, 6.45) is 10.3. The normalized spacial score (nSPS) is 18.0. The van der Waals surface area contributed by atoms with Crippen molar-refractivity contribution in [2.75, 3.05) is 18.4 Å². The van der Waals surface area contributed by atoms with Crippen molar-refractivity contribution in [3.8, 4) is 0 Å². The van der Waals surface area contributed by atoms with E-state index in [0.29, 0.717) is 5.92 Å². The highest BCUT2D eigenvalue weighted by Gasteiger charge is 2.21. The van der Waals surface area contributed by atoms with Crippen LogP contribution < -0.4 is 10.6 Å². The summed E-state index contributed by atoms with van der Waals surface area (Å²) in [5.74, 6) is 1.38. The zero-order valence-corrected chi connectivity index (χ0v) is 15.9. The van der Waals surface area contributed by atoms with E-state index in [2.05, 4.69) is 38.0 Å². The van der Waals surface area contributed by atoms with E-state index in [9.17, 15) is 0 Å². The van der Waals surface area contributed by atoms with E-state index in [1.54, 1.807) is 11.3 Å². The van der Waals surface area contributed by atoms with Gasteiger partial charge < -0.3 is 10.6 Å². The van der Waals surface area contributed by atoms with Gasteiger partial charge in [-0.2, -0.15) is 0 Å². The summed E-state index contributed by atoms with van der Waals surface area (Å²) in [4.78, 5) is 9.34. The highest BCUT2D eigenvalue weighted by Crippen LogP contribution is 2.37. The van der Waals surface area contributed by atoms with Crippen LogP contribution >= 0.6 is 11.3 Å². The number of hydrogen-bond acceptors (Lipinski definition) is 7. The average Bonchev–Trinajstić information content (AvgIpc) is 3.40. The minimum Gasteiger partial charge on any atom is -0.315 e. The Morgan fingerprint density at radius 3 is 2.89 bits per heavy atom. The summed E-state index contributed by atoms with van der Waals surface area (Å²) in [5, 5.41) is 17.3. The second-order valence-corrected chi connectivity index (χ2v) is 8.20. The fourth-order valence-electron chi connectivity index (χ4n) is 3.87. The van der Waals surface area contributed by atoms with Gasteiger partial charge in [-0.05, 0) is 55.1 Å². The van der Waals surface area contributed by atoms with Gasteiger partial charge in [0, 0.05) is 18.7 Å². The van der Waals surface area contributed by atoms with Crippen molar-refractivity contribution in [3.63, 3.8) is 0 Å². The summed E-state index contributed by atoms with van der Waals surface area (Å²) in [6.45, 7) is 1.93. The molecule has 6 nitrogen and oxygen atoms in total. The van der Waals surface area contributed by atoms with Crippen molar-refractivity contribution in [3.05, 3.63) is 41.0 Å². The van der Waals surface area contributed by atoms with Crippen LogP contribution in [0.5, 0.6) is 0 Å². The van der Waals surface area contributed by atoms with Crippen LogP contribution in [0, 0.1) is 0 Å². The van der Waals surface area contributed by atoms with Crippen molar-refractivity contribution in [2.24, 2.45) is 0 Å². The minimum absolute atomic E-state index is 0.590. The number of nitrogens with zero attached hydrogens (tertiary/aromatic N) is 4. The van der Waals surface area contributed by atoms with Gasteiger partial charge in [0.15, 0.2) is 0 Å². The van der Waals surface area contributed by atoms with Crippen LogP contribution in [0.3, 0.4) is 0 Å². The molecule has 0 atom stereocenters. The van der Waals surface area contributed by atoms with Crippen LogP contribution in [-0.4, -0.2) is 33.3 Å². The van der Waals surface area contributed by atoms with Gasteiger partial charge in [-0.1, -0.05) is 30.3 Å². The summed E-state index contributed by atoms with van der Waals surface area (Å²) >= 11 is 1.65. The molecule has 3 aromatic rings. The van der Waals surface area contributed by atoms with Crippen LogP contribution in [-0.2, 0) is 0 Å². The van der Waals surface area contributed by atoms with E-state index >= 15 is 0 Å². The smallest absolute Gasteiger partial charge is 0.211 e. The van der Waals surface area contributed by atoms with E-state index in [4.69, 9.17) is 4.98 Å². The lowest BCUT2D eigenvalue weighted by atomic mass is 10.0.